The molecule has 2 aromatic carbocycles. The molecule has 2 nitrogen and oxygen atoms in total. The van der Waals surface area contributed by atoms with Crippen LogP contribution in [0.2, 0.25) is 0 Å². The highest BCUT2D eigenvalue weighted by molar-refractivity contribution is 9.10. The van der Waals surface area contributed by atoms with Gasteiger partial charge in [0.1, 0.15) is 11.9 Å². The Morgan fingerprint density at radius 1 is 1.10 bits per heavy atom. The lowest BCUT2D eigenvalue weighted by molar-refractivity contribution is 0.142. The maximum atomic E-state index is 6.16. The van der Waals surface area contributed by atoms with Crippen molar-refractivity contribution in [2.24, 2.45) is 0 Å². The molecule has 1 fully saturated rings. The average Bonchev–Trinajstić information content (AvgIpc) is 2.86. The fraction of sp³-hybridized carbons (Fsp3) is 0.333. The Hall–Kier alpha value is -1.32. The number of nitrogens with one attached hydrogen (secondary N) is 1. The van der Waals surface area contributed by atoms with Gasteiger partial charge in [0.2, 0.25) is 0 Å². The van der Waals surface area contributed by atoms with E-state index in [2.05, 4.69) is 69.8 Å². The van der Waals surface area contributed by atoms with Gasteiger partial charge in [0.15, 0.2) is 0 Å². The molecular weight excluding hydrogens is 326 g/mol. The molecule has 1 N–H and O–H groups in total. The molecule has 0 amide bonds. The lowest BCUT2D eigenvalue weighted by atomic mass is 9.71. The van der Waals surface area contributed by atoms with Crippen LogP contribution in [-0.4, -0.2) is 19.2 Å². The number of fused-ring (bicyclic) bond motifs is 1. The van der Waals surface area contributed by atoms with E-state index in [4.69, 9.17) is 4.74 Å². The molecule has 1 saturated heterocycles. The van der Waals surface area contributed by atoms with Crippen LogP contribution in [-0.2, 0) is 11.8 Å². The van der Waals surface area contributed by atoms with Gasteiger partial charge in [0.25, 0.3) is 0 Å². The van der Waals surface area contributed by atoms with Crippen LogP contribution in [0.3, 0.4) is 0 Å². The molecule has 2 aliphatic heterocycles. The van der Waals surface area contributed by atoms with E-state index in [-0.39, 0.29) is 11.5 Å². The van der Waals surface area contributed by atoms with Gasteiger partial charge in [-0.2, -0.15) is 0 Å². The average molecular weight is 344 g/mol. The molecule has 21 heavy (non-hydrogen) atoms. The van der Waals surface area contributed by atoms with Crippen molar-refractivity contribution in [1.82, 2.24) is 5.32 Å². The number of para-hydroxylation sites is 1. The van der Waals surface area contributed by atoms with Crippen LogP contribution in [0.1, 0.15) is 17.5 Å². The van der Waals surface area contributed by atoms with Crippen LogP contribution in [0.25, 0.3) is 0 Å². The van der Waals surface area contributed by atoms with Crippen molar-refractivity contribution >= 4 is 15.9 Å². The number of hydrogen-bond acceptors (Lipinski definition) is 2. The number of hydrogen-bond donors (Lipinski definition) is 1. The Balaban J connectivity index is 1.58. The third-order valence-corrected chi connectivity index (χ3v) is 5.40. The summed E-state index contributed by atoms with van der Waals surface area (Å²) >= 11 is 3.72. The van der Waals surface area contributed by atoms with E-state index >= 15 is 0 Å². The summed E-state index contributed by atoms with van der Waals surface area (Å²) in [5.41, 5.74) is 2.95. The van der Waals surface area contributed by atoms with Crippen molar-refractivity contribution < 1.29 is 4.74 Å². The Bertz CT molecular complexity index is 641. The zero-order chi connectivity index (χ0) is 14.3. The molecule has 2 aromatic rings. The van der Waals surface area contributed by atoms with Gasteiger partial charge >= 0.3 is 0 Å². The Kier molecular flexibility index (Phi) is 3.27. The lowest BCUT2D eigenvalue weighted by Gasteiger charge is -2.45. The predicted octanol–water partition coefficient (Wildman–Crippen LogP) is 3.68. The van der Waals surface area contributed by atoms with E-state index in [0.717, 1.165) is 31.7 Å². The van der Waals surface area contributed by atoms with Crippen molar-refractivity contribution in [3.63, 3.8) is 0 Å². The Labute approximate surface area is 133 Å². The largest absolute Gasteiger partial charge is 0.490 e. The molecule has 2 heterocycles. The summed E-state index contributed by atoms with van der Waals surface area (Å²) in [6, 6.07) is 17.0. The quantitative estimate of drug-likeness (QED) is 0.917. The second kappa shape index (κ2) is 5.15. The first kappa shape index (κ1) is 13.4. The minimum absolute atomic E-state index is 0.201. The minimum atomic E-state index is 0.201. The molecule has 0 radical (unpaired) electrons. The first-order chi connectivity index (χ1) is 10.3. The molecule has 108 valence electrons. The van der Waals surface area contributed by atoms with Gasteiger partial charge in [0.05, 0.1) is 0 Å². The molecule has 1 unspecified atom stereocenters. The molecule has 3 heteroatoms. The summed E-state index contributed by atoms with van der Waals surface area (Å²) in [4.78, 5) is 0. The molecular formula is C18H18BrNO. The summed E-state index contributed by atoms with van der Waals surface area (Å²) < 4.78 is 7.37. The summed E-state index contributed by atoms with van der Waals surface area (Å²) in [7, 11) is 0. The predicted molar refractivity (Wildman–Crippen MR) is 87.9 cm³/mol. The Morgan fingerprint density at radius 2 is 1.86 bits per heavy atom. The molecule has 1 atom stereocenters. The first-order valence-corrected chi connectivity index (χ1v) is 8.26. The summed E-state index contributed by atoms with van der Waals surface area (Å²) in [6.07, 6.45) is 2.39. The first-order valence-electron chi connectivity index (χ1n) is 7.47. The summed E-state index contributed by atoms with van der Waals surface area (Å²) in [5, 5.41) is 3.45. The highest BCUT2D eigenvalue weighted by Gasteiger charge is 2.43. The van der Waals surface area contributed by atoms with Gasteiger partial charge in [-0.3, -0.25) is 0 Å². The normalized spacial score (nSPS) is 22.2. The molecule has 0 spiro atoms. The summed E-state index contributed by atoms with van der Waals surface area (Å²) in [5.74, 6) is 1.07. The third-order valence-electron chi connectivity index (χ3n) is 4.70. The van der Waals surface area contributed by atoms with Gasteiger partial charge in [-0.25, -0.2) is 0 Å². The fourth-order valence-electron chi connectivity index (χ4n) is 3.57. The number of halogens is 1. The molecule has 0 aromatic heterocycles. The second-order valence-electron chi connectivity index (χ2n) is 6.12. The maximum absolute atomic E-state index is 6.16. The van der Waals surface area contributed by atoms with E-state index in [0.29, 0.717) is 0 Å². The standard InChI is InChI=1S/C18H18BrNO/c19-16-7-3-2-6-15(16)18(11-20-12-18)10-14-9-13-5-1-4-8-17(13)21-14/h1-8,14,20H,9-12H2. The van der Waals surface area contributed by atoms with Crippen LogP contribution in [0.15, 0.2) is 53.0 Å². The molecule has 0 aliphatic carbocycles. The molecule has 4 rings (SSSR count). The van der Waals surface area contributed by atoms with Crippen molar-refractivity contribution in [3.8, 4) is 5.75 Å². The van der Waals surface area contributed by atoms with E-state index in [9.17, 15) is 0 Å². The third kappa shape index (κ3) is 2.29. The van der Waals surface area contributed by atoms with Gasteiger partial charge in [-0.05, 0) is 29.7 Å². The number of rotatable bonds is 3. The Morgan fingerprint density at radius 3 is 2.57 bits per heavy atom. The SMILES string of the molecule is Brc1ccccc1C1(CC2Cc3ccccc3O2)CNC1. The monoisotopic (exact) mass is 343 g/mol. The van der Waals surface area contributed by atoms with E-state index in [1.165, 1.54) is 15.6 Å². The van der Waals surface area contributed by atoms with Crippen LogP contribution in [0.4, 0.5) is 0 Å². The highest BCUT2D eigenvalue weighted by atomic mass is 79.9. The zero-order valence-corrected chi connectivity index (χ0v) is 13.4. The molecule has 0 bridgehead atoms. The van der Waals surface area contributed by atoms with Gasteiger partial charge in [-0.15, -0.1) is 0 Å². The van der Waals surface area contributed by atoms with E-state index in [1.807, 2.05) is 0 Å². The molecule has 2 aliphatic rings. The fourth-order valence-corrected chi connectivity index (χ4v) is 4.27. The van der Waals surface area contributed by atoms with E-state index in [1.54, 1.807) is 0 Å². The van der Waals surface area contributed by atoms with Crippen molar-refractivity contribution in [3.05, 3.63) is 64.1 Å². The van der Waals surface area contributed by atoms with Crippen LogP contribution < -0.4 is 10.1 Å². The van der Waals surface area contributed by atoms with Crippen molar-refractivity contribution in [2.45, 2.75) is 24.4 Å². The lowest BCUT2D eigenvalue weighted by Crippen LogP contribution is -2.58. The highest BCUT2D eigenvalue weighted by Crippen LogP contribution is 2.41. The second-order valence-corrected chi connectivity index (χ2v) is 6.97. The summed E-state index contributed by atoms with van der Waals surface area (Å²) in [6.45, 7) is 2.07. The van der Waals surface area contributed by atoms with Gasteiger partial charge < -0.3 is 10.1 Å². The van der Waals surface area contributed by atoms with Crippen molar-refractivity contribution in [2.75, 3.05) is 13.1 Å². The topological polar surface area (TPSA) is 21.3 Å². The number of benzene rings is 2. The van der Waals surface area contributed by atoms with Crippen LogP contribution in [0, 0.1) is 0 Å². The van der Waals surface area contributed by atoms with Gasteiger partial charge in [0, 0.05) is 29.4 Å². The smallest absolute Gasteiger partial charge is 0.123 e. The maximum Gasteiger partial charge on any atom is 0.123 e. The van der Waals surface area contributed by atoms with Gasteiger partial charge in [-0.1, -0.05) is 52.3 Å². The number of ether oxygens (including phenoxy) is 1. The van der Waals surface area contributed by atoms with Crippen molar-refractivity contribution in [1.29, 1.82) is 0 Å². The van der Waals surface area contributed by atoms with Crippen LogP contribution >= 0.6 is 15.9 Å². The minimum Gasteiger partial charge on any atom is -0.490 e. The zero-order valence-electron chi connectivity index (χ0n) is 11.8. The van der Waals surface area contributed by atoms with Crippen LogP contribution in [0.5, 0.6) is 5.75 Å². The molecule has 0 saturated carbocycles. The van der Waals surface area contributed by atoms with E-state index < -0.39 is 0 Å².